The van der Waals surface area contributed by atoms with Crippen LogP contribution in [0.2, 0.25) is 0 Å². The second kappa shape index (κ2) is 8.25. The van der Waals surface area contributed by atoms with Gasteiger partial charge in [0.15, 0.2) is 0 Å². The predicted molar refractivity (Wildman–Crippen MR) is 98.5 cm³/mol. The molecule has 0 radical (unpaired) electrons. The number of benzene rings is 3. The third-order valence-corrected chi connectivity index (χ3v) is 7.52. The van der Waals surface area contributed by atoms with Crippen molar-refractivity contribution in [2.45, 2.75) is 4.90 Å². The summed E-state index contributed by atoms with van der Waals surface area (Å²) >= 11 is 1.43. The molecule has 0 fully saturated rings. The summed E-state index contributed by atoms with van der Waals surface area (Å²) in [7, 11) is 0. The molecular formula is C20H16STe. The van der Waals surface area contributed by atoms with Gasteiger partial charge in [-0.25, -0.2) is 0 Å². The van der Waals surface area contributed by atoms with Crippen LogP contribution in [0.5, 0.6) is 0 Å². The van der Waals surface area contributed by atoms with E-state index in [0.717, 1.165) is 0 Å². The Morgan fingerprint density at radius 2 is 1.23 bits per heavy atom. The Labute approximate surface area is 146 Å². The molecular weight excluding hydrogens is 400 g/mol. The number of rotatable bonds is 5. The molecule has 0 bridgehead atoms. The summed E-state index contributed by atoms with van der Waals surface area (Å²) in [5, 5.41) is 2.33. The van der Waals surface area contributed by atoms with E-state index in [4.69, 9.17) is 0 Å². The fourth-order valence-electron chi connectivity index (χ4n) is 1.99. The first-order chi connectivity index (χ1) is 10.9. The van der Waals surface area contributed by atoms with Gasteiger partial charge in [-0.2, -0.15) is 0 Å². The zero-order valence-corrected chi connectivity index (χ0v) is 15.2. The average molecular weight is 416 g/mol. The summed E-state index contributed by atoms with van der Waals surface area (Å²) in [4.78, 5) is 1.29. The van der Waals surface area contributed by atoms with Gasteiger partial charge in [0, 0.05) is 0 Å². The molecule has 3 aromatic carbocycles. The molecule has 0 aliphatic heterocycles. The summed E-state index contributed by atoms with van der Waals surface area (Å²) in [6.45, 7) is 0. The van der Waals surface area contributed by atoms with Crippen LogP contribution in [0, 0.1) is 0 Å². The number of hydrogen-bond donors (Lipinski definition) is 0. The van der Waals surface area contributed by atoms with E-state index in [1.807, 2.05) is 11.8 Å². The minimum atomic E-state index is -0.380. The topological polar surface area (TPSA) is 0 Å². The summed E-state index contributed by atoms with van der Waals surface area (Å²) in [6.07, 6.45) is 0. The van der Waals surface area contributed by atoms with Crippen molar-refractivity contribution in [1.82, 2.24) is 0 Å². The Hall–Kier alpha value is -1.46. The fraction of sp³-hybridized carbons (Fsp3) is 0. The predicted octanol–water partition coefficient (Wildman–Crippen LogP) is 4.81. The summed E-state index contributed by atoms with van der Waals surface area (Å²) in [6, 6.07) is 32.1. The maximum absolute atomic E-state index is 2.33. The van der Waals surface area contributed by atoms with Crippen molar-refractivity contribution in [3.8, 4) is 0 Å². The molecule has 0 aliphatic carbocycles. The average Bonchev–Trinajstić information content (AvgIpc) is 2.61. The third kappa shape index (κ3) is 4.52. The van der Waals surface area contributed by atoms with E-state index >= 15 is 0 Å². The molecule has 0 saturated heterocycles. The van der Waals surface area contributed by atoms with Gasteiger partial charge in [-0.15, -0.1) is 0 Å². The van der Waals surface area contributed by atoms with Crippen LogP contribution in [0.4, 0.5) is 0 Å². The van der Waals surface area contributed by atoms with E-state index in [-0.39, 0.29) is 20.9 Å². The van der Waals surface area contributed by atoms with Gasteiger partial charge >= 0.3 is 147 Å². The normalized spacial score (nSPS) is 11.4. The molecule has 0 atom stereocenters. The van der Waals surface area contributed by atoms with Crippen molar-refractivity contribution in [2.24, 2.45) is 0 Å². The van der Waals surface area contributed by atoms with Gasteiger partial charge in [0.05, 0.1) is 0 Å². The van der Waals surface area contributed by atoms with Gasteiger partial charge < -0.3 is 0 Å². The molecule has 3 rings (SSSR count). The van der Waals surface area contributed by atoms with Crippen LogP contribution in [0.25, 0.3) is 3.62 Å². The molecule has 0 aromatic heterocycles. The van der Waals surface area contributed by atoms with Crippen LogP contribution >= 0.6 is 11.8 Å². The molecule has 3 aromatic rings. The van der Waals surface area contributed by atoms with Gasteiger partial charge in [-0.1, -0.05) is 0 Å². The first-order valence-electron chi connectivity index (χ1n) is 7.12. The Morgan fingerprint density at radius 1 is 0.682 bits per heavy atom. The van der Waals surface area contributed by atoms with Gasteiger partial charge in [0.2, 0.25) is 0 Å². The standard InChI is InChI=1S/C20H16STe/c1-4-10-17(11-5-1)20(22-19-14-8-3-9-15-19)16-21-18-12-6-2-7-13-18/h1-16H/b20-16-. The molecule has 0 N–H and O–H groups in total. The van der Waals surface area contributed by atoms with E-state index in [1.165, 1.54) is 17.7 Å². The Morgan fingerprint density at radius 3 is 1.86 bits per heavy atom. The first kappa shape index (κ1) is 15.4. The SMILES string of the molecule is C(/Sc1ccccc1)=C(/[Te]c1ccccc1)c1ccccc1. The Kier molecular flexibility index (Phi) is 5.79. The van der Waals surface area contributed by atoms with E-state index < -0.39 is 0 Å². The molecule has 0 amide bonds. The van der Waals surface area contributed by atoms with E-state index in [1.54, 1.807) is 0 Å². The second-order valence-corrected chi connectivity index (χ2v) is 8.82. The van der Waals surface area contributed by atoms with Crippen LogP contribution in [0.3, 0.4) is 0 Å². The first-order valence-corrected chi connectivity index (χ1v) is 10.3. The summed E-state index contributed by atoms with van der Waals surface area (Å²) < 4.78 is 2.95. The van der Waals surface area contributed by atoms with Crippen molar-refractivity contribution in [3.63, 3.8) is 0 Å². The van der Waals surface area contributed by atoms with Crippen LogP contribution in [0.15, 0.2) is 101 Å². The summed E-state index contributed by atoms with van der Waals surface area (Å²) in [5.41, 5.74) is 1.34. The molecule has 0 nitrogen and oxygen atoms in total. The molecule has 22 heavy (non-hydrogen) atoms. The van der Waals surface area contributed by atoms with Crippen molar-refractivity contribution >= 4 is 39.9 Å². The molecule has 0 saturated carbocycles. The van der Waals surface area contributed by atoms with Gasteiger partial charge in [0.1, 0.15) is 0 Å². The zero-order chi connectivity index (χ0) is 15.0. The molecule has 108 valence electrons. The van der Waals surface area contributed by atoms with Crippen LogP contribution in [-0.2, 0) is 0 Å². The minimum absolute atomic E-state index is 0.380. The van der Waals surface area contributed by atoms with Gasteiger partial charge in [0.25, 0.3) is 0 Å². The molecule has 0 heterocycles. The quantitative estimate of drug-likeness (QED) is 0.425. The fourth-order valence-corrected chi connectivity index (χ4v) is 5.84. The van der Waals surface area contributed by atoms with Crippen molar-refractivity contribution in [2.75, 3.05) is 0 Å². The monoisotopic (exact) mass is 418 g/mol. The van der Waals surface area contributed by atoms with E-state index in [9.17, 15) is 0 Å². The van der Waals surface area contributed by atoms with Crippen LogP contribution in [0.1, 0.15) is 5.56 Å². The number of thioether (sulfide) groups is 1. The van der Waals surface area contributed by atoms with E-state index in [0.29, 0.717) is 0 Å². The molecule has 0 unspecified atom stereocenters. The van der Waals surface area contributed by atoms with Crippen LogP contribution in [-0.4, -0.2) is 20.9 Å². The van der Waals surface area contributed by atoms with Gasteiger partial charge in [-0.3, -0.25) is 0 Å². The van der Waals surface area contributed by atoms with Gasteiger partial charge in [-0.05, 0) is 0 Å². The van der Waals surface area contributed by atoms with Crippen molar-refractivity contribution < 1.29 is 0 Å². The van der Waals surface area contributed by atoms with E-state index in [2.05, 4.69) is 96.4 Å². The summed E-state index contributed by atoms with van der Waals surface area (Å²) in [5.74, 6) is 0. The number of hydrogen-bond acceptors (Lipinski definition) is 1. The van der Waals surface area contributed by atoms with Crippen molar-refractivity contribution in [1.29, 1.82) is 0 Å². The molecule has 0 spiro atoms. The zero-order valence-electron chi connectivity index (χ0n) is 12.1. The maximum atomic E-state index is 2.33. The Bertz CT molecular complexity index is 721. The molecule has 0 aliphatic rings. The Balaban J connectivity index is 1.86. The van der Waals surface area contributed by atoms with Crippen molar-refractivity contribution in [3.05, 3.63) is 102 Å². The van der Waals surface area contributed by atoms with Crippen LogP contribution < -0.4 is 3.61 Å². The third-order valence-electron chi connectivity index (χ3n) is 3.07. The molecule has 2 heteroatoms. The second-order valence-electron chi connectivity index (χ2n) is 4.69.